The lowest BCUT2D eigenvalue weighted by Gasteiger charge is -2.25. The molecule has 0 saturated carbocycles. The van der Waals surface area contributed by atoms with E-state index in [0.717, 1.165) is 6.33 Å². The summed E-state index contributed by atoms with van der Waals surface area (Å²) in [5.74, 6) is -2.44. The monoisotopic (exact) mass is 699 g/mol. The highest BCUT2D eigenvalue weighted by Crippen LogP contribution is 2.51. The number of anilines is 1. The number of esters is 3. The highest BCUT2D eigenvalue weighted by molar-refractivity contribution is 7.48. The minimum atomic E-state index is -4.71. The van der Waals surface area contributed by atoms with E-state index in [1.807, 2.05) is 6.07 Å². The molecule has 0 amide bonds. The number of nitrogens with two attached hydrogens (primary N) is 1. The molecule has 2 aromatic rings. The van der Waals surface area contributed by atoms with Crippen LogP contribution < -0.4 is 5.73 Å². The lowest BCUT2D eigenvalue weighted by molar-refractivity contribution is -0.177. The van der Waals surface area contributed by atoms with E-state index in [0.29, 0.717) is 5.52 Å². The zero-order chi connectivity index (χ0) is 36.1. The van der Waals surface area contributed by atoms with Crippen LogP contribution in [0.4, 0.5) is 5.82 Å². The van der Waals surface area contributed by atoms with Gasteiger partial charge in [0.15, 0.2) is 12.6 Å². The predicted octanol–water partition coefficient (Wildman–Crippen LogP) is 2.58. The SMILES string of the molecule is CC(C)C(=O)OCOP(=O)(OCOC(=O)C(C)(C)C)OC[C@H]1O[C@@](C#N)(c2ccc3c(N)ncnn23)[C@H](O)[C@@H]1OCOC(=O)C(C)(C)C. The van der Waals surface area contributed by atoms with E-state index < -0.39 is 93.4 Å². The number of hydrogen-bond acceptors (Lipinski definition) is 17. The Kier molecular flexibility index (Phi) is 12.3. The van der Waals surface area contributed by atoms with Gasteiger partial charge in [0.25, 0.3) is 0 Å². The molecule has 48 heavy (non-hydrogen) atoms. The first-order valence-corrected chi connectivity index (χ1v) is 16.2. The Morgan fingerprint density at radius 3 is 2.19 bits per heavy atom. The highest BCUT2D eigenvalue weighted by atomic mass is 31.2. The van der Waals surface area contributed by atoms with Crippen LogP contribution in [0, 0.1) is 28.1 Å². The van der Waals surface area contributed by atoms with Crippen molar-refractivity contribution in [2.24, 2.45) is 16.7 Å². The smallest absolute Gasteiger partial charge is 0.438 e. The number of fused-ring (bicyclic) bond motifs is 1. The number of phosphoric acid groups is 1. The number of nitrogen functional groups attached to an aromatic ring is 1. The van der Waals surface area contributed by atoms with Gasteiger partial charge in [-0.1, -0.05) is 13.8 Å². The fourth-order valence-electron chi connectivity index (χ4n) is 4.07. The first-order valence-electron chi connectivity index (χ1n) is 14.8. The van der Waals surface area contributed by atoms with E-state index in [-0.39, 0.29) is 11.5 Å². The molecule has 1 saturated heterocycles. The van der Waals surface area contributed by atoms with Gasteiger partial charge in [-0.3, -0.25) is 18.9 Å². The maximum atomic E-state index is 13.6. The molecule has 0 bridgehead atoms. The average Bonchev–Trinajstić information content (AvgIpc) is 3.55. The summed E-state index contributed by atoms with van der Waals surface area (Å²) in [6, 6.07) is 4.91. The summed E-state index contributed by atoms with van der Waals surface area (Å²) in [5, 5.41) is 26.1. The third-order valence-corrected chi connectivity index (χ3v) is 8.12. The summed E-state index contributed by atoms with van der Waals surface area (Å²) >= 11 is 0. The van der Waals surface area contributed by atoms with Crippen LogP contribution in [0.5, 0.6) is 0 Å². The number of nitriles is 1. The van der Waals surface area contributed by atoms with Crippen LogP contribution in [0.25, 0.3) is 5.52 Å². The number of aliphatic hydroxyl groups excluding tert-OH is 1. The van der Waals surface area contributed by atoms with Gasteiger partial charge in [-0.25, -0.2) is 23.1 Å². The topological polar surface area (TPSA) is 242 Å². The Bertz CT molecular complexity index is 1560. The van der Waals surface area contributed by atoms with E-state index in [2.05, 4.69) is 10.1 Å². The van der Waals surface area contributed by atoms with E-state index in [4.69, 9.17) is 43.0 Å². The number of aromatic nitrogens is 3. The number of ether oxygens (including phenoxy) is 5. The van der Waals surface area contributed by atoms with Gasteiger partial charge in [0.1, 0.15) is 36.2 Å². The van der Waals surface area contributed by atoms with Crippen LogP contribution in [0.15, 0.2) is 18.5 Å². The predicted molar refractivity (Wildman–Crippen MR) is 163 cm³/mol. The van der Waals surface area contributed by atoms with Gasteiger partial charge in [0.05, 0.1) is 29.0 Å². The lowest BCUT2D eigenvalue weighted by Crippen LogP contribution is -2.42. The zero-order valence-electron chi connectivity index (χ0n) is 28.0. The molecule has 1 aliphatic heterocycles. The van der Waals surface area contributed by atoms with Crippen LogP contribution in [0.3, 0.4) is 0 Å². The first-order chi connectivity index (χ1) is 22.3. The van der Waals surface area contributed by atoms with Gasteiger partial charge >= 0.3 is 25.7 Å². The van der Waals surface area contributed by atoms with Gasteiger partial charge in [-0.2, -0.15) is 10.4 Å². The van der Waals surface area contributed by atoms with Crippen LogP contribution in [0.2, 0.25) is 0 Å². The second kappa shape index (κ2) is 15.2. The van der Waals surface area contributed by atoms with Crippen molar-refractivity contribution in [3.05, 3.63) is 24.2 Å². The Morgan fingerprint density at radius 2 is 1.62 bits per heavy atom. The van der Waals surface area contributed by atoms with Crippen molar-refractivity contribution in [2.75, 3.05) is 32.7 Å². The highest BCUT2D eigenvalue weighted by Gasteiger charge is 2.59. The molecule has 0 spiro atoms. The van der Waals surface area contributed by atoms with Crippen LogP contribution >= 0.6 is 7.82 Å². The maximum Gasteiger partial charge on any atom is 0.480 e. The van der Waals surface area contributed by atoms with Crippen molar-refractivity contribution >= 4 is 37.1 Å². The summed E-state index contributed by atoms with van der Waals surface area (Å²) in [6.45, 7) is 9.64. The number of aliphatic hydroxyl groups is 1. The molecular formula is C29H42N5O13P. The van der Waals surface area contributed by atoms with Crippen LogP contribution in [-0.4, -0.2) is 82.9 Å². The maximum absolute atomic E-state index is 13.6. The summed E-state index contributed by atoms with van der Waals surface area (Å²) in [5.41, 5.74) is 2.31. The molecule has 3 heterocycles. The van der Waals surface area contributed by atoms with Crippen molar-refractivity contribution in [3.8, 4) is 6.07 Å². The van der Waals surface area contributed by atoms with Crippen molar-refractivity contribution < 1.29 is 61.3 Å². The largest absolute Gasteiger partial charge is 0.480 e. The third kappa shape index (κ3) is 9.05. The fourth-order valence-corrected chi connectivity index (χ4v) is 4.99. The summed E-state index contributed by atoms with van der Waals surface area (Å²) < 4.78 is 57.6. The van der Waals surface area contributed by atoms with Crippen molar-refractivity contribution in [3.63, 3.8) is 0 Å². The van der Waals surface area contributed by atoms with Crippen LogP contribution in [-0.2, 0) is 61.8 Å². The summed E-state index contributed by atoms with van der Waals surface area (Å²) in [7, 11) is -4.71. The molecule has 0 aromatic carbocycles. The third-order valence-electron chi connectivity index (χ3n) is 6.82. The van der Waals surface area contributed by atoms with E-state index in [9.17, 15) is 29.3 Å². The van der Waals surface area contributed by atoms with Crippen LogP contribution in [0.1, 0.15) is 61.1 Å². The molecule has 266 valence electrons. The number of hydrogen-bond donors (Lipinski definition) is 2. The van der Waals surface area contributed by atoms with Gasteiger partial charge in [-0.15, -0.1) is 0 Å². The standard InChI is InChI=1S/C29H42N5O13P/c1-17(2)24(36)41-15-45-48(39,46-16-43-26(38)28(6,7)8)44-11-19-21(40-14-42-25(37)27(3,4)5)22(35)29(12-30,47-19)20-10-9-18-23(31)32-13-33-34(18)20/h9-10,13,17,19,21-22,35H,11,14-16H2,1-8H3,(H2,31,32,33)/t19-,21-,22-,29+,48?/m1/s1. The summed E-state index contributed by atoms with van der Waals surface area (Å²) in [6.07, 6.45) is -3.50. The number of carbonyl (C=O) groups excluding carboxylic acids is 3. The molecule has 5 atom stereocenters. The second-order valence-electron chi connectivity index (χ2n) is 13.1. The van der Waals surface area contributed by atoms with E-state index in [1.165, 1.54) is 16.6 Å². The quantitative estimate of drug-likeness (QED) is 0.125. The Hall–Kier alpha value is -3.69. The van der Waals surface area contributed by atoms with Crippen molar-refractivity contribution in [1.82, 2.24) is 14.6 Å². The molecule has 19 heteroatoms. The minimum absolute atomic E-state index is 0.0368. The molecular weight excluding hydrogens is 657 g/mol. The van der Waals surface area contributed by atoms with E-state index >= 15 is 0 Å². The molecule has 1 fully saturated rings. The van der Waals surface area contributed by atoms with Gasteiger partial charge in [0, 0.05) is 0 Å². The lowest BCUT2D eigenvalue weighted by atomic mass is 9.92. The number of rotatable bonds is 14. The zero-order valence-corrected chi connectivity index (χ0v) is 28.9. The number of nitrogens with zero attached hydrogens (tertiary/aromatic N) is 4. The Labute approximate surface area is 277 Å². The Balaban J connectivity index is 1.90. The molecule has 18 nitrogen and oxygen atoms in total. The molecule has 3 N–H and O–H groups in total. The molecule has 2 aromatic heterocycles. The van der Waals surface area contributed by atoms with Gasteiger partial charge < -0.3 is 34.5 Å². The van der Waals surface area contributed by atoms with Gasteiger partial charge in [-0.05, 0) is 53.7 Å². The molecule has 3 rings (SSSR count). The van der Waals surface area contributed by atoms with E-state index in [1.54, 1.807) is 55.4 Å². The molecule has 1 unspecified atom stereocenters. The number of phosphoric ester groups is 1. The fraction of sp³-hybridized carbons (Fsp3) is 0.655. The first kappa shape index (κ1) is 38.8. The molecule has 0 radical (unpaired) electrons. The Morgan fingerprint density at radius 1 is 1.04 bits per heavy atom. The normalized spacial score (nSPS) is 22.6. The minimum Gasteiger partial charge on any atom is -0.438 e. The number of carbonyl (C=O) groups is 3. The van der Waals surface area contributed by atoms with Crippen molar-refractivity contribution in [1.29, 1.82) is 5.26 Å². The average molecular weight is 700 g/mol. The molecule has 1 aliphatic rings. The second-order valence-corrected chi connectivity index (χ2v) is 14.7. The summed E-state index contributed by atoms with van der Waals surface area (Å²) in [4.78, 5) is 40.4. The van der Waals surface area contributed by atoms with Crippen molar-refractivity contribution in [2.45, 2.75) is 79.3 Å². The molecule has 0 aliphatic carbocycles. The van der Waals surface area contributed by atoms with Gasteiger partial charge in [0.2, 0.25) is 19.2 Å².